The molecule has 120 valence electrons. The molecule has 5 heteroatoms. The SMILES string of the molecule is CN(Cc1ccccc1)C(=O)CNC(=O)Cc1ccc(F)cc1. The molecule has 2 aromatic carbocycles. The van der Waals surface area contributed by atoms with Crippen LogP contribution in [-0.4, -0.2) is 30.3 Å². The number of hydrogen-bond acceptors (Lipinski definition) is 2. The smallest absolute Gasteiger partial charge is 0.242 e. The molecule has 0 radical (unpaired) electrons. The van der Waals surface area contributed by atoms with Crippen LogP contribution in [0, 0.1) is 5.82 Å². The quantitative estimate of drug-likeness (QED) is 0.888. The summed E-state index contributed by atoms with van der Waals surface area (Å²) in [5.41, 5.74) is 1.73. The first kappa shape index (κ1) is 16.7. The molecular formula is C18H19FN2O2. The lowest BCUT2D eigenvalue weighted by atomic mass is 10.1. The van der Waals surface area contributed by atoms with Crippen LogP contribution >= 0.6 is 0 Å². The minimum absolute atomic E-state index is 0.0522. The monoisotopic (exact) mass is 314 g/mol. The summed E-state index contributed by atoms with van der Waals surface area (Å²) in [6.07, 6.45) is 0.121. The maximum atomic E-state index is 12.8. The van der Waals surface area contributed by atoms with Gasteiger partial charge in [0, 0.05) is 13.6 Å². The van der Waals surface area contributed by atoms with Crippen LogP contribution in [0.1, 0.15) is 11.1 Å². The molecular weight excluding hydrogens is 295 g/mol. The van der Waals surface area contributed by atoms with E-state index in [1.54, 1.807) is 24.1 Å². The summed E-state index contributed by atoms with van der Waals surface area (Å²) in [4.78, 5) is 25.4. The number of rotatable bonds is 6. The fourth-order valence-corrected chi connectivity index (χ4v) is 2.10. The van der Waals surface area contributed by atoms with Gasteiger partial charge in [0.1, 0.15) is 5.82 Å². The van der Waals surface area contributed by atoms with Crippen molar-refractivity contribution in [2.24, 2.45) is 0 Å². The Morgan fingerprint density at radius 1 is 1.00 bits per heavy atom. The van der Waals surface area contributed by atoms with Gasteiger partial charge in [-0.25, -0.2) is 4.39 Å². The highest BCUT2D eigenvalue weighted by Crippen LogP contribution is 2.04. The van der Waals surface area contributed by atoms with E-state index in [1.807, 2.05) is 30.3 Å². The number of nitrogens with one attached hydrogen (secondary N) is 1. The van der Waals surface area contributed by atoms with Crippen LogP contribution in [0.15, 0.2) is 54.6 Å². The van der Waals surface area contributed by atoms with Gasteiger partial charge in [-0.15, -0.1) is 0 Å². The summed E-state index contributed by atoms with van der Waals surface area (Å²) in [6.45, 7) is 0.441. The Labute approximate surface area is 134 Å². The molecule has 0 unspecified atom stereocenters. The molecule has 23 heavy (non-hydrogen) atoms. The number of hydrogen-bond donors (Lipinski definition) is 1. The fraction of sp³-hybridized carbons (Fsp3) is 0.222. The number of carbonyl (C=O) groups is 2. The Balaban J connectivity index is 1.76. The van der Waals surface area contributed by atoms with Crippen LogP contribution in [-0.2, 0) is 22.6 Å². The maximum absolute atomic E-state index is 12.8. The highest BCUT2D eigenvalue weighted by atomic mass is 19.1. The van der Waals surface area contributed by atoms with E-state index in [-0.39, 0.29) is 30.6 Å². The number of halogens is 1. The van der Waals surface area contributed by atoms with Crippen molar-refractivity contribution in [1.29, 1.82) is 0 Å². The van der Waals surface area contributed by atoms with E-state index in [1.165, 1.54) is 12.1 Å². The van der Waals surface area contributed by atoms with Gasteiger partial charge in [0.15, 0.2) is 0 Å². The molecule has 0 fully saturated rings. The van der Waals surface area contributed by atoms with Crippen molar-refractivity contribution in [2.45, 2.75) is 13.0 Å². The molecule has 2 aromatic rings. The second-order valence-corrected chi connectivity index (χ2v) is 5.32. The van der Waals surface area contributed by atoms with Gasteiger partial charge in [0.05, 0.1) is 13.0 Å². The van der Waals surface area contributed by atoms with Gasteiger partial charge in [0.25, 0.3) is 0 Å². The molecule has 0 aliphatic rings. The van der Waals surface area contributed by atoms with Gasteiger partial charge in [-0.3, -0.25) is 9.59 Å². The third kappa shape index (κ3) is 5.54. The summed E-state index contributed by atoms with van der Waals surface area (Å²) in [7, 11) is 1.70. The van der Waals surface area contributed by atoms with Crippen LogP contribution < -0.4 is 5.32 Å². The molecule has 2 rings (SSSR count). The van der Waals surface area contributed by atoms with Gasteiger partial charge in [0.2, 0.25) is 11.8 Å². The normalized spacial score (nSPS) is 10.2. The summed E-state index contributed by atoms with van der Waals surface area (Å²) >= 11 is 0. The van der Waals surface area contributed by atoms with Crippen molar-refractivity contribution in [3.8, 4) is 0 Å². The third-order valence-corrected chi connectivity index (χ3v) is 3.40. The van der Waals surface area contributed by atoms with E-state index in [4.69, 9.17) is 0 Å². The third-order valence-electron chi connectivity index (χ3n) is 3.40. The standard InChI is InChI=1S/C18H19FN2O2/c1-21(13-15-5-3-2-4-6-15)18(23)12-20-17(22)11-14-7-9-16(19)10-8-14/h2-10H,11-13H2,1H3,(H,20,22). The average Bonchev–Trinajstić information content (AvgIpc) is 2.55. The molecule has 0 bridgehead atoms. The van der Waals surface area contributed by atoms with Gasteiger partial charge >= 0.3 is 0 Å². The van der Waals surface area contributed by atoms with Gasteiger partial charge in [-0.1, -0.05) is 42.5 Å². The highest BCUT2D eigenvalue weighted by Gasteiger charge is 2.11. The minimum Gasteiger partial charge on any atom is -0.347 e. The molecule has 4 nitrogen and oxygen atoms in total. The number of benzene rings is 2. The predicted molar refractivity (Wildman–Crippen MR) is 86.0 cm³/mol. The Morgan fingerprint density at radius 3 is 2.30 bits per heavy atom. The molecule has 0 saturated carbocycles. The minimum atomic E-state index is -0.341. The van der Waals surface area contributed by atoms with Gasteiger partial charge < -0.3 is 10.2 Å². The van der Waals surface area contributed by atoms with E-state index in [9.17, 15) is 14.0 Å². The zero-order chi connectivity index (χ0) is 16.7. The van der Waals surface area contributed by atoms with E-state index in [0.29, 0.717) is 12.1 Å². The lowest BCUT2D eigenvalue weighted by molar-refractivity contribution is -0.132. The van der Waals surface area contributed by atoms with Crippen molar-refractivity contribution in [2.75, 3.05) is 13.6 Å². The largest absolute Gasteiger partial charge is 0.347 e. The van der Waals surface area contributed by atoms with Crippen molar-refractivity contribution >= 4 is 11.8 Å². The number of amides is 2. The number of carbonyl (C=O) groups excluding carboxylic acids is 2. The molecule has 0 saturated heterocycles. The second-order valence-electron chi connectivity index (χ2n) is 5.32. The van der Waals surface area contributed by atoms with Crippen molar-refractivity contribution in [1.82, 2.24) is 10.2 Å². The molecule has 0 atom stereocenters. The van der Waals surface area contributed by atoms with E-state index >= 15 is 0 Å². The summed E-state index contributed by atoms with van der Waals surface area (Å²) in [5.74, 6) is -0.772. The van der Waals surface area contributed by atoms with Crippen LogP contribution in [0.2, 0.25) is 0 Å². The summed E-state index contributed by atoms with van der Waals surface area (Å²) < 4.78 is 12.8. The zero-order valence-corrected chi connectivity index (χ0v) is 13.0. The predicted octanol–water partition coefficient (Wildman–Crippen LogP) is 2.14. The van der Waals surface area contributed by atoms with E-state index in [2.05, 4.69) is 5.32 Å². The molecule has 1 N–H and O–H groups in total. The van der Waals surface area contributed by atoms with Crippen LogP contribution in [0.5, 0.6) is 0 Å². The molecule has 0 aliphatic heterocycles. The van der Waals surface area contributed by atoms with Gasteiger partial charge in [-0.05, 0) is 23.3 Å². The molecule has 0 spiro atoms. The first-order valence-corrected chi connectivity index (χ1v) is 7.33. The number of nitrogens with zero attached hydrogens (tertiary/aromatic N) is 1. The summed E-state index contributed by atoms with van der Waals surface area (Å²) in [5, 5.41) is 2.59. The first-order valence-electron chi connectivity index (χ1n) is 7.33. The zero-order valence-electron chi connectivity index (χ0n) is 13.0. The Kier molecular flexibility index (Phi) is 5.86. The van der Waals surface area contributed by atoms with E-state index in [0.717, 1.165) is 5.56 Å². The van der Waals surface area contributed by atoms with Crippen LogP contribution in [0.3, 0.4) is 0 Å². The van der Waals surface area contributed by atoms with Crippen molar-refractivity contribution in [3.63, 3.8) is 0 Å². The Bertz CT molecular complexity index is 656. The maximum Gasteiger partial charge on any atom is 0.242 e. The van der Waals surface area contributed by atoms with Crippen molar-refractivity contribution < 1.29 is 14.0 Å². The molecule has 0 aromatic heterocycles. The van der Waals surface area contributed by atoms with E-state index < -0.39 is 0 Å². The Morgan fingerprint density at radius 2 is 1.65 bits per heavy atom. The molecule has 2 amide bonds. The second kappa shape index (κ2) is 8.08. The topological polar surface area (TPSA) is 49.4 Å². The lowest BCUT2D eigenvalue weighted by Crippen LogP contribution is -2.38. The van der Waals surface area contributed by atoms with Crippen LogP contribution in [0.25, 0.3) is 0 Å². The van der Waals surface area contributed by atoms with Crippen molar-refractivity contribution in [3.05, 3.63) is 71.5 Å². The molecule has 0 heterocycles. The highest BCUT2D eigenvalue weighted by molar-refractivity contribution is 5.85. The molecule has 0 aliphatic carbocycles. The average molecular weight is 314 g/mol. The number of likely N-dealkylation sites (N-methyl/N-ethyl adjacent to an activating group) is 1. The summed E-state index contributed by atoms with van der Waals surface area (Å²) in [6, 6.07) is 15.4. The Hall–Kier alpha value is -2.69. The fourth-order valence-electron chi connectivity index (χ4n) is 2.10. The van der Waals surface area contributed by atoms with Crippen LogP contribution in [0.4, 0.5) is 4.39 Å². The van der Waals surface area contributed by atoms with Gasteiger partial charge in [-0.2, -0.15) is 0 Å². The lowest BCUT2D eigenvalue weighted by Gasteiger charge is -2.17. The first-order chi connectivity index (χ1) is 11.0.